The van der Waals surface area contributed by atoms with Crippen molar-refractivity contribution < 1.29 is 8.78 Å². The van der Waals surface area contributed by atoms with Gasteiger partial charge in [0.2, 0.25) is 0 Å². The minimum Gasteiger partial charge on any atom is -0.204 e. The highest BCUT2D eigenvalue weighted by Gasteiger charge is 2.13. The maximum Gasteiger partial charge on any atom is 0.159 e. The van der Waals surface area contributed by atoms with Crippen LogP contribution in [0.3, 0.4) is 0 Å². The lowest BCUT2D eigenvalue weighted by Gasteiger charge is -2.19. The summed E-state index contributed by atoms with van der Waals surface area (Å²) in [7, 11) is 0. The summed E-state index contributed by atoms with van der Waals surface area (Å²) in [6.45, 7) is 6.42. The van der Waals surface area contributed by atoms with Crippen LogP contribution in [0.15, 0.2) is 42.5 Å². The van der Waals surface area contributed by atoms with Crippen LogP contribution in [0.4, 0.5) is 8.78 Å². The first-order valence-electron chi connectivity index (χ1n) is 5.94. The van der Waals surface area contributed by atoms with Gasteiger partial charge in [0.1, 0.15) is 0 Å². The molecule has 0 aliphatic heterocycles. The average molecular weight is 246 g/mol. The summed E-state index contributed by atoms with van der Waals surface area (Å²) in [6, 6.07) is 11.9. The zero-order valence-electron chi connectivity index (χ0n) is 10.8. The Labute approximate surface area is 106 Å². The number of hydrogen-bond donors (Lipinski definition) is 0. The second kappa shape index (κ2) is 4.52. The van der Waals surface area contributed by atoms with Gasteiger partial charge in [0, 0.05) is 0 Å². The fourth-order valence-electron chi connectivity index (χ4n) is 1.84. The van der Waals surface area contributed by atoms with Crippen LogP contribution in [-0.2, 0) is 5.41 Å². The van der Waals surface area contributed by atoms with Crippen LogP contribution in [0.25, 0.3) is 11.1 Å². The minimum absolute atomic E-state index is 0.0899. The molecule has 0 heterocycles. The lowest BCUT2D eigenvalue weighted by Crippen LogP contribution is -2.10. The number of halogens is 2. The molecule has 0 bridgehead atoms. The predicted molar refractivity (Wildman–Crippen MR) is 70.5 cm³/mol. The third kappa shape index (κ3) is 2.58. The van der Waals surface area contributed by atoms with Crippen molar-refractivity contribution in [3.8, 4) is 11.1 Å². The molecule has 94 valence electrons. The van der Waals surface area contributed by atoms with Gasteiger partial charge >= 0.3 is 0 Å². The first-order chi connectivity index (χ1) is 8.38. The van der Waals surface area contributed by atoms with Crippen molar-refractivity contribution in [1.82, 2.24) is 0 Å². The Morgan fingerprint density at radius 1 is 0.722 bits per heavy atom. The van der Waals surface area contributed by atoms with Crippen molar-refractivity contribution in [3.05, 3.63) is 59.7 Å². The van der Waals surface area contributed by atoms with E-state index in [9.17, 15) is 8.78 Å². The molecule has 18 heavy (non-hydrogen) atoms. The van der Waals surface area contributed by atoms with E-state index in [1.807, 2.05) is 24.3 Å². The van der Waals surface area contributed by atoms with Gasteiger partial charge in [-0.2, -0.15) is 0 Å². The topological polar surface area (TPSA) is 0 Å². The molecule has 0 fully saturated rings. The number of benzene rings is 2. The maximum absolute atomic E-state index is 13.2. The fourth-order valence-corrected chi connectivity index (χ4v) is 1.84. The SMILES string of the molecule is CC(C)(C)c1ccc(-c2ccc(F)c(F)c2)cc1. The van der Waals surface area contributed by atoms with E-state index in [0.717, 1.165) is 11.6 Å². The molecule has 0 saturated heterocycles. The molecule has 0 atom stereocenters. The molecule has 0 nitrogen and oxygen atoms in total. The molecule has 2 rings (SSSR count). The Balaban J connectivity index is 2.37. The lowest BCUT2D eigenvalue weighted by molar-refractivity contribution is 0.509. The smallest absolute Gasteiger partial charge is 0.159 e. The Kier molecular flexibility index (Phi) is 3.20. The standard InChI is InChI=1S/C16H16F2/c1-16(2,3)13-7-4-11(5-8-13)12-6-9-14(17)15(18)10-12/h4-10H,1-3H3. The average Bonchev–Trinajstić information content (AvgIpc) is 2.32. The molecular formula is C16H16F2. The van der Waals surface area contributed by atoms with E-state index in [1.165, 1.54) is 11.6 Å². The first-order valence-corrected chi connectivity index (χ1v) is 5.94. The molecule has 2 aromatic rings. The van der Waals surface area contributed by atoms with Crippen molar-refractivity contribution in [3.63, 3.8) is 0 Å². The summed E-state index contributed by atoms with van der Waals surface area (Å²) in [5, 5.41) is 0. The predicted octanol–water partition coefficient (Wildman–Crippen LogP) is 4.93. The van der Waals surface area contributed by atoms with Gasteiger partial charge in [0.05, 0.1) is 0 Å². The zero-order valence-corrected chi connectivity index (χ0v) is 10.8. The van der Waals surface area contributed by atoms with E-state index >= 15 is 0 Å². The van der Waals surface area contributed by atoms with Crippen molar-refractivity contribution in [2.24, 2.45) is 0 Å². The highest BCUT2D eigenvalue weighted by Crippen LogP contribution is 2.26. The Hall–Kier alpha value is -1.70. The summed E-state index contributed by atoms with van der Waals surface area (Å²) in [6.07, 6.45) is 0. The van der Waals surface area contributed by atoms with Gasteiger partial charge in [-0.1, -0.05) is 51.1 Å². The molecule has 0 N–H and O–H groups in total. The molecule has 0 aliphatic rings. The Bertz CT molecular complexity index is 548. The third-order valence-corrected chi connectivity index (χ3v) is 3.00. The summed E-state index contributed by atoms with van der Waals surface area (Å²) in [5.41, 5.74) is 2.89. The summed E-state index contributed by atoms with van der Waals surface area (Å²) in [4.78, 5) is 0. The summed E-state index contributed by atoms with van der Waals surface area (Å²) >= 11 is 0. The normalized spacial score (nSPS) is 11.6. The van der Waals surface area contributed by atoms with Crippen LogP contribution in [0.2, 0.25) is 0 Å². The van der Waals surface area contributed by atoms with Crippen LogP contribution >= 0.6 is 0 Å². The third-order valence-electron chi connectivity index (χ3n) is 3.00. The van der Waals surface area contributed by atoms with E-state index in [4.69, 9.17) is 0 Å². The molecule has 0 amide bonds. The molecule has 0 radical (unpaired) electrons. The monoisotopic (exact) mass is 246 g/mol. The molecule has 0 saturated carbocycles. The number of hydrogen-bond acceptors (Lipinski definition) is 0. The van der Waals surface area contributed by atoms with Gasteiger partial charge in [-0.05, 0) is 34.2 Å². The summed E-state index contributed by atoms with van der Waals surface area (Å²) in [5.74, 6) is -1.63. The van der Waals surface area contributed by atoms with Crippen molar-refractivity contribution in [1.29, 1.82) is 0 Å². The van der Waals surface area contributed by atoms with E-state index in [2.05, 4.69) is 20.8 Å². The van der Waals surface area contributed by atoms with E-state index in [0.29, 0.717) is 5.56 Å². The largest absolute Gasteiger partial charge is 0.204 e. The van der Waals surface area contributed by atoms with Crippen LogP contribution in [0.1, 0.15) is 26.3 Å². The molecule has 0 aromatic heterocycles. The summed E-state index contributed by atoms with van der Waals surface area (Å²) < 4.78 is 26.0. The maximum atomic E-state index is 13.2. The zero-order chi connectivity index (χ0) is 13.3. The fraction of sp³-hybridized carbons (Fsp3) is 0.250. The van der Waals surface area contributed by atoms with Crippen molar-refractivity contribution in [2.45, 2.75) is 26.2 Å². The van der Waals surface area contributed by atoms with Gasteiger partial charge in [-0.25, -0.2) is 8.78 Å². The van der Waals surface area contributed by atoms with Gasteiger partial charge in [-0.3, -0.25) is 0 Å². The van der Waals surface area contributed by atoms with Crippen LogP contribution in [0.5, 0.6) is 0 Å². The quantitative estimate of drug-likeness (QED) is 0.669. The second-order valence-corrected chi connectivity index (χ2v) is 5.46. The second-order valence-electron chi connectivity index (χ2n) is 5.46. The minimum atomic E-state index is -0.815. The number of rotatable bonds is 1. The molecule has 0 aliphatic carbocycles. The Morgan fingerprint density at radius 2 is 1.28 bits per heavy atom. The van der Waals surface area contributed by atoms with Gasteiger partial charge in [-0.15, -0.1) is 0 Å². The molecule has 2 aromatic carbocycles. The first kappa shape index (κ1) is 12.7. The van der Waals surface area contributed by atoms with Crippen LogP contribution in [0, 0.1) is 11.6 Å². The van der Waals surface area contributed by atoms with Crippen molar-refractivity contribution in [2.75, 3.05) is 0 Å². The van der Waals surface area contributed by atoms with Crippen molar-refractivity contribution >= 4 is 0 Å². The van der Waals surface area contributed by atoms with Gasteiger partial charge in [0.15, 0.2) is 11.6 Å². The van der Waals surface area contributed by atoms with Crippen LogP contribution in [-0.4, -0.2) is 0 Å². The van der Waals surface area contributed by atoms with E-state index in [-0.39, 0.29) is 5.41 Å². The molecule has 0 spiro atoms. The van der Waals surface area contributed by atoms with E-state index < -0.39 is 11.6 Å². The lowest BCUT2D eigenvalue weighted by atomic mass is 9.86. The Morgan fingerprint density at radius 3 is 1.78 bits per heavy atom. The molecule has 0 unspecified atom stereocenters. The van der Waals surface area contributed by atoms with Gasteiger partial charge in [0.25, 0.3) is 0 Å². The highest BCUT2D eigenvalue weighted by molar-refractivity contribution is 5.63. The van der Waals surface area contributed by atoms with E-state index in [1.54, 1.807) is 6.07 Å². The molecular weight excluding hydrogens is 230 g/mol. The molecule has 2 heteroatoms. The van der Waals surface area contributed by atoms with Crippen LogP contribution < -0.4 is 0 Å². The highest BCUT2D eigenvalue weighted by atomic mass is 19.2. The van der Waals surface area contributed by atoms with Gasteiger partial charge < -0.3 is 0 Å².